The summed E-state index contributed by atoms with van der Waals surface area (Å²) < 4.78 is 28.7. The molecule has 1 aliphatic heterocycles. The molecule has 0 spiro atoms. The van der Waals surface area contributed by atoms with Crippen molar-refractivity contribution in [2.75, 3.05) is 48.4 Å². The number of para-hydroxylation sites is 1. The predicted octanol–water partition coefficient (Wildman–Crippen LogP) is 2.20. The van der Waals surface area contributed by atoms with Crippen molar-refractivity contribution in [1.82, 2.24) is 9.97 Å². The van der Waals surface area contributed by atoms with Gasteiger partial charge in [-0.3, -0.25) is 0 Å². The molecule has 1 aromatic heterocycles. The van der Waals surface area contributed by atoms with E-state index in [1.165, 1.54) is 17.8 Å². The van der Waals surface area contributed by atoms with Crippen LogP contribution >= 0.6 is 0 Å². The molecule has 1 saturated heterocycles. The summed E-state index contributed by atoms with van der Waals surface area (Å²) in [5, 5.41) is 8.26. The van der Waals surface area contributed by atoms with Crippen molar-refractivity contribution in [2.24, 2.45) is 5.14 Å². The SMILES string of the molecule is COc1cnc(Nc2cccc(S(N)(=O)=O)c2)nc1N1CCN(c2ccccc2)CC1. The summed E-state index contributed by atoms with van der Waals surface area (Å²) in [7, 11) is -2.21. The molecule has 0 unspecified atom stereocenters. The summed E-state index contributed by atoms with van der Waals surface area (Å²) in [5.74, 6) is 1.61. The highest BCUT2D eigenvalue weighted by Crippen LogP contribution is 2.29. The van der Waals surface area contributed by atoms with Crippen LogP contribution in [0.4, 0.5) is 23.1 Å². The van der Waals surface area contributed by atoms with Crippen LogP contribution in [0, 0.1) is 0 Å². The van der Waals surface area contributed by atoms with Crippen LogP contribution in [0.1, 0.15) is 0 Å². The lowest BCUT2D eigenvalue weighted by Gasteiger charge is -2.37. The number of nitrogens with two attached hydrogens (primary N) is 1. The molecule has 0 radical (unpaired) electrons. The fourth-order valence-corrected chi connectivity index (χ4v) is 4.05. The summed E-state index contributed by atoms with van der Waals surface area (Å²) >= 11 is 0. The number of nitrogens with zero attached hydrogens (tertiary/aromatic N) is 4. The van der Waals surface area contributed by atoms with Gasteiger partial charge in [-0.15, -0.1) is 0 Å². The highest BCUT2D eigenvalue weighted by Gasteiger charge is 2.22. The van der Waals surface area contributed by atoms with Crippen LogP contribution in [-0.2, 0) is 10.0 Å². The number of aromatic nitrogens is 2. The average molecular weight is 441 g/mol. The lowest BCUT2D eigenvalue weighted by molar-refractivity contribution is 0.409. The van der Waals surface area contributed by atoms with Crippen LogP contribution in [0.5, 0.6) is 5.75 Å². The van der Waals surface area contributed by atoms with Crippen molar-refractivity contribution in [3.05, 3.63) is 60.8 Å². The fourth-order valence-electron chi connectivity index (χ4n) is 3.49. The maximum atomic E-state index is 11.6. The molecular formula is C21H24N6O3S. The average Bonchev–Trinajstić information content (AvgIpc) is 2.79. The first-order valence-electron chi connectivity index (χ1n) is 9.80. The predicted molar refractivity (Wildman–Crippen MR) is 121 cm³/mol. The highest BCUT2D eigenvalue weighted by molar-refractivity contribution is 7.89. The van der Waals surface area contributed by atoms with Crippen molar-refractivity contribution in [3.63, 3.8) is 0 Å². The number of methoxy groups -OCH3 is 1. The number of piperazine rings is 1. The molecule has 162 valence electrons. The molecule has 3 aromatic rings. The number of sulfonamides is 1. The van der Waals surface area contributed by atoms with Crippen molar-refractivity contribution in [1.29, 1.82) is 0 Å². The number of hydrogen-bond donors (Lipinski definition) is 2. The number of nitrogens with one attached hydrogen (secondary N) is 1. The van der Waals surface area contributed by atoms with Crippen LogP contribution in [-0.4, -0.2) is 51.7 Å². The van der Waals surface area contributed by atoms with E-state index in [0.29, 0.717) is 23.2 Å². The lowest BCUT2D eigenvalue weighted by atomic mass is 10.2. The van der Waals surface area contributed by atoms with Gasteiger partial charge >= 0.3 is 0 Å². The topological polar surface area (TPSA) is 114 Å². The summed E-state index contributed by atoms with van der Waals surface area (Å²) in [6.07, 6.45) is 1.61. The molecule has 2 aromatic carbocycles. The molecule has 0 aliphatic carbocycles. The van der Waals surface area contributed by atoms with Gasteiger partial charge in [0.25, 0.3) is 0 Å². The summed E-state index contributed by atoms with van der Waals surface area (Å²) in [5.41, 5.74) is 1.73. The van der Waals surface area contributed by atoms with Gasteiger partial charge < -0.3 is 19.9 Å². The van der Waals surface area contributed by atoms with Gasteiger partial charge in [0.15, 0.2) is 11.6 Å². The van der Waals surface area contributed by atoms with Crippen molar-refractivity contribution >= 4 is 33.2 Å². The Morgan fingerprint density at radius 1 is 1.00 bits per heavy atom. The number of rotatable bonds is 6. The third-order valence-corrected chi connectivity index (χ3v) is 5.99. The van der Waals surface area contributed by atoms with E-state index in [0.717, 1.165) is 26.2 Å². The van der Waals surface area contributed by atoms with Gasteiger partial charge in [0, 0.05) is 37.6 Å². The maximum absolute atomic E-state index is 11.6. The lowest BCUT2D eigenvalue weighted by Crippen LogP contribution is -2.47. The zero-order valence-corrected chi connectivity index (χ0v) is 17.9. The van der Waals surface area contributed by atoms with Crippen molar-refractivity contribution < 1.29 is 13.2 Å². The number of benzene rings is 2. The summed E-state index contributed by atoms with van der Waals surface area (Å²) in [6, 6.07) is 16.5. The second-order valence-electron chi connectivity index (χ2n) is 7.09. The smallest absolute Gasteiger partial charge is 0.238 e. The van der Waals surface area contributed by atoms with E-state index in [1.807, 2.05) is 18.2 Å². The van der Waals surface area contributed by atoms with E-state index in [-0.39, 0.29) is 4.90 Å². The van der Waals surface area contributed by atoms with Gasteiger partial charge in [-0.1, -0.05) is 24.3 Å². The Balaban J connectivity index is 1.52. The molecule has 1 aliphatic rings. The van der Waals surface area contributed by atoms with Crippen LogP contribution in [0.3, 0.4) is 0 Å². The minimum Gasteiger partial charge on any atom is -0.491 e. The molecule has 2 heterocycles. The number of ether oxygens (including phenoxy) is 1. The molecule has 9 nitrogen and oxygen atoms in total. The van der Waals surface area contributed by atoms with Gasteiger partial charge in [-0.25, -0.2) is 18.5 Å². The molecule has 31 heavy (non-hydrogen) atoms. The molecule has 0 amide bonds. The number of primary sulfonamides is 1. The van der Waals surface area contributed by atoms with Gasteiger partial charge in [0.1, 0.15) is 0 Å². The Morgan fingerprint density at radius 3 is 2.39 bits per heavy atom. The zero-order valence-electron chi connectivity index (χ0n) is 17.1. The van der Waals surface area contributed by atoms with Gasteiger partial charge in [-0.05, 0) is 30.3 Å². The number of anilines is 4. The molecule has 0 atom stereocenters. The normalized spacial score (nSPS) is 14.4. The summed E-state index contributed by atoms with van der Waals surface area (Å²) in [4.78, 5) is 13.4. The Hall–Kier alpha value is -3.37. The van der Waals surface area contributed by atoms with Crippen LogP contribution in [0.2, 0.25) is 0 Å². The van der Waals surface area contributed by atoms with Crippen molar-refractivity contribution in [3.8, 4) is 5.75 Å². The first-order chi connectivity index (χ1) is 14.9. The van der Waals surface area contributed by atoms with Gasteiger partial charge in [0.2, 0.25) is 16.0 Å². The quantitative estimate of drug-likeness (QED) is 0.600. The Bertz CT molecular complexity index is 1150. The standard InChI is InChI=1S/C21H24N6O3S/c1-30-19-15-23-21(24-16-6-5-9-18(14-16)31(22,28)29)25-20(19)27-12-10-26(11-13-27)17-7-3-2-4-8-17/h2-9,14-15H,10-13H2,1H3,(H2,22,28,29)(H,23,24,25). The molecule has 0 saturated carbocycles. The van der Waals surface area contributed by atoms with Crippen LogP contribution in [0.15, 0.2) is 65.7 Å². The number of hydrogen-bond acceptors (Lipinski definition) is 8. The van der Waals surface area contributed by atoms with E-state index in [1.54, 1.807) is 25.4 Å². The van der Waals surface area contributed by atoms with E-state index in [9.17, 15) is 8.42 Å². The maximum Gasteiger partial charge on any atom is 0.238 e. The second kappa shape index (κ2) is 8.78. The minimum absolute atomic E-state index is 0.0169. The fraction of sp³-hybridized carbons (Fsp3) is 0.238. The Kier molecular flexibility index (Phi) is 5.92. The van der Waals surface area contributed by atoms with E-state index in [4.69, 9.17) is 9.88 Å². The molecule has 4 rings (SSSR count). The van der Waals surface area contributed by atoms with E-state index in [2.05, 4.69) is 37.2 Å². The van der Waals surface area contributed by atoms with Crippen LogP contribution in [0.25, 0.3) is 0 Å². The van der Waals surface area contributed by atoms with Crippen LogP contribution < -0.4 is 25.0 Å². The van der Waals surface area contributed by atoms with Gasteiger partial charge in [-0.2, -0.15) is 4.98 Å². The first kappa shape index (κ1) is 20.9. The molecule has 3 N–H and O–H groups in total. The molecule has 10 heteroatoms. The largest absolute Gasteiger partial charge is 0.491 e. The second-order valence-corrected chi connectivity index (χ2v) is 8.65. The Labute approximate surface area is 181 Å². The minimum atomic E-state index is -3.80. The third kappa shape index (κ3) is 4.86. The highest BCUT2D eigenvalue weighted by atomic mass is 32.2. The third-order valence-electron chi connectivity index (χ3n) is 5.08. The zero-order chi connectivity index (χ0) is 21.8. The van der Waals surface area contributed by atoms with E-state index < -0.39 is 10.0 Å². The van der Waals surface area contributed by atoms with Crippen molar-refractivity contribution in [2.45, 2.75) is 4.90 Å². The first-order valence-corrected chi connectivity index (χ1v) is 11.3. The van der Waals surface area contributed by atoms with Gasteiger partial charge in [0.05, 0.1) is 18.2 Å². The monoisotopic (exact) mass is 440 g/mol. The Morgan fingerprint density at radius 2 is 1.71 bits per heavy atom. The molecule has 0 bridgehead atoms. The molecular weight excluding hydrogens is 416 g/mol. The molecule has 1 fully saturated rings. The van der Waals surface area contributed by atoms with E-state index >= 15 is 0 Å². The summed E-state index contributed by atoms with van der Waals surface area (Å²) in [6.45, 7) is 3.28.